The molecule has 0 saturated heterocycles. The van der Waals surface area contributed by atoms with E-state index in [-0.39, 0.29) is 29.9 Å². The summed E-state index contributed by atoms with van der Waals surface area (Å²) in [6, 6.07) is 9.61. The first-order valence-corrected chi connectivity index (χ1v) is 8.23. The third kappa shape index (κ3) is 5.11. The van der Waals surface area contributed by atoms with Crippen LogP contribution in [0.4, 0.5) is 0 Å². The number of ketones is 1. The zero-order valence-corrected chi connectivity index (χ0v) is 15.3. The van der Waals surface area contributed by atoms with E-state index < -0.39 is 0 Å². The minimum absolute atomic E-state index is 0.116. The Hall–Kier alpha value is -2.24. The van der Waals surface area contributed by atoms with Crippen molar-refractivity contribution in [2.75, 3.05) is 20.3 Å². The van der Waals surface area contributed by atoms with Crippen molar-refractivity contribution in [1.29, 1.82) is 0 Å². The van der Waals surface area contributed by atoms with Gasteiger partial charge in [-0.1, -0.05) is 23.2 Å². The van der Waals surface area contributed by atoms with E-state index in [0.29, 0.717) is 27.6 Å². The molecule has 0 saturated carbocycles. The van der Waals surface area contributed by atoms with E-state index >= 15 is 0 Å². The highest BCUT2D eigenvalue weighted by atomic mass is 35.5. The molecule has 7 heteroatoms. The highest BCUT2D eigenvalue weighted by molar-refractivity contribution is 6.36. The lowest BCUT2D eigenvalue weighted by Gasteiger charge is -2.12. The van der Waals surface area contributed by atoms with Gasteiger partial charge in [0.15, 0.2) is 5.78 Å². The van der Waals surface area contributed by atoms with Gasteiger partial charge in [0.05, 0.1) is 29.8 Å². The molecule has 2 aromatic rings. The Labute approximate surface area is 155 Å². The van der Waals surface area contributed by atoms with Crippen LogP contribution in [0.1, 0.15) is 27.6 Å². The van der Waals surface area contributed by atoms with Gasteiger partial charge in [0.25, 0.3) is 5.91 Å². The van der Waals surface area contributed by atoms with Crippen molar-refractivity contribution < 1.29 is 19.1 Å². The molecule has 0 aliphatic heterocycles. The molecule has 1 amide bonds. The number of methoxy groups -OCH3 is 1. The monoisotopic (exact) mass is 381 g/mol. The van der Waals surface area contributed by atoms with Crippen LogP contribution < -0.4 is 14.8 Å². The van der Waals surface area contributed by atoms with E-state index in [1.54, 1.807) is 30.3 Å². The van der Waals surface area contributed by atoms with E-state index in [4.69, 9.17) is 32.7 Å². The van der Waals surface area contributed by atoms with Gasteiger partial charge in [0.2, 0.25) is 0 Å². The minimum atomic E-state index is -0.331. The van der Waals surface area contributed by atoms with E-state index in [1.807, 2.05) is 0 Å². The quantitative estimate of drug-likeness (QED) is 0.581. The molecule has 0 atom stereocenters. The van der Waals surface area contributed by atoms with Crippen LogP contribution in [0.3, 0.4) is 0 Å². The van der Waals surface area contributed by atoms with Gasteiger partial charge in [-0.3, -0.25) is 9.59 Å². The van der Waals surface area contributed by atoms with Crippen LogP contribution in [0.5, 0.6) is 11.5 Å². The lowest BCUT2D eigenvalue weighted by molar-refractivity contribution is 0.0943. The second-order valence-electron chi connectivity index (χ2n) is 5.15. The van der Waals surface area contributed by atoms with Crippen LogP contribution >= 0.6 is 23.2 Å². The summed E-state index contributed by atoms with van der Waals surface area (Å²) in [7, 11) is 1.53. The van der Waals surface area contributed by atoms with Crippen LogP contribution in [-0.2, 0) is 0 Å². The van der Waals surface area contributed by atoms with Crippen molar-refractivity contribution in [1.82, 2.24) is 5.32 Å². The van der Waals surface area contributed by atoms with Crippen molar-refractivity contribution in [3.05, 3.63) is 57.6 Å². The summed E-state index contributed by atoms with van der Waals surface area (Å²) in [6.45, 7) is 1.88. The maximum Gasteiger partial charge on any atom is 0.252 e. The lowest BCUT2D eigenvalue weighted by atomic mass is 10.1. The molecule has 0 bridgehead atoms. The fourth-order valence-electron chi connectivity index (χ4n) is 2.13. The topological polar surface area (TPSA) is 64.6 Å². The summed E-state index contributed by atoms with van der Waals surface area (Å²) in [5.41, 5.74) is 0.782. The van der Waals surface area contributed by atoms with Gasteiger partial charge in [-0.15, -0.1) is 0 Å². The van der Waals surface area contributed by atoms with Crippen molar-refractivity contribution in [2.45, 2.75) is 6.92 Å². The molecule has 0 fully saturated rings. The molecule has 1 N–H and O–H groups in total. The second-order valence-corrected chi connectivity index (χ2v) is 5.99. The summed E-state index contributed by atoms with van der Waals surface area (Å²) in [6.07, 6.45) is 0. The Balaban J connectivity index is 1.94. The number of amides is 1. The zero-order chi connectivity index (χ0) is 18.4. The minimum Gasteiger partial charge on any atom is -0.497 e. The summed E-state index contributed by atoms with van der Waals surface area (Å²) in [5, 5.41) is 3.43. The van der Waals surface area contributed by atoms with Crippen LogP contribution in [0.2, 0.25) is 10.0 Å². The maximum atomic E-state index is 12.1. The zero-order valence-electron chi connectivity index (χ0n) is 13.8. The molecule has 0 aromatic heterocycles. The van der Waals surface area contributed by atoms with Gasteiger partial charge in [-0.2, -0.15) is 0 Å². The Bertz CT molecular complexity index is 793. The van der Waals surface area contributed by atoms with E-state index in [1.165, 1.54) is 20.1 Å². The number of hydrogen-bond donors (Lipinski definition) is 1. The predicted molar refractivity (Wildman–Crippen MR) is 97.3 cm³/mol. The van der Waals surface area contributed by atoms with Gasteiger partial charge in [-0.05, 0) is 37.3 Å². The van der Waals surface area contributed by atoms with Crippen LogP contribution in [0, 0.1) is 0 Å². The van der Waals surface area contributed by atoms with E-state index in [9.17, 15) is 9.59 Å². The molecule has 2 rings (SSSR count). The molecular weight excluding hydrogens is 365 g/mol. The van der Waals surface area contributed by atoms with Gasteiger partial charge in [0, 0.05) is 11.1 Å². The Morgan fingerprint density at radius 2 is 1.80 bits per heavy atom. The first kappa shape index (κ1) is 19.1. The molecule has 0 heterocycles. The third-order valence-electron chi connectivity index (χ3n) is 3.39. The van der Waals surface area contributed by atoms with Crippen LogP contribution in [-0.4, -0.2) is 32.0 Å². The Kier molecular flexibility index (Phi) is 6.67. The summed E-state index contributed by atoms with van der Waals surface area (Å²) >= 11 is 11.8. The van der Waals surface area contributed by atoms with E-state index in [0.717, 1.165) is 0 Å². The number of Topliss-reactive ketones (excluding diaryl/α,β-unsaturated/α-hetero) is 1. The van der Waals surface area contributed by atoms with Gasteiger partial charge >= 0.3 is 0 Å². The smallest absolute Gasteiger partial charge is 0.252 e. The number of ether oxygens (including phenoxy) is 2. The average molecular weight is 382 g/mol. The van der Waals surface area contributed by atoms with E-state index in [2.05, 4.69) is 5.32 Å². The molecular formula is C18H17Cl2NO4. The molecule has 0 unspecified atom stereocenters. The van der Waals surface area contributed by atoms with Gasteiger partial charge in [-0.25, -0.2) is 0 Å². The largest absolute Gasteiger partial charge is 0.497 e. The molecule has 0 spiro atoms. The molecule has 25 heavy (non-hydrogen) atoms. The lowest BCUT2D eigenvalue weighted by Crippen LogP contribution is -2.28. The number of carbonyl (C=O) groups is 2. The molecule has 0 radical (unpaired) electrons. The highest BCUT2D eigenvalue weighted by Gasteiger charge is 2.12. The third-order valence-corrected chi connectivity index (χ3v) is 3.94. The maximum absolute atomic E-state index is 12.1. The van der Waals surface area contributed by atoms with Crippen molar-refractivity contribution in [3.63, 3.8) is 0 Å². The molecule has 0 aliphatic rings. The Morgan fingerprint density at radius 1 is 1.08 bits per heavy atom. The second kappa shape index (κ2) is 8.74. The molecule has 0 aliphatic carbocycles. The summed E-state index contributed by atoms with van der Waals surface area (Å²) < 4.78 is 10.7. The highest BCUT2D eigenvalue weighted by Crippen LogP contribution is 2.25. The van der Waals surface area contributed by atoms with Crippen molar-refractivity contribution in [3.8, 4) is 11.5 Å². The SMILES string of the molecule is COc1ccc(C(C)=O)c(OCCNC(=O)c2ccc(Cl)cc2Cl)c1. The first-order valence-electron chi connectivity index (χ1n) is 7.47. The summed E-state index contributed by atoms with van der Waals surface area (Å²) in [5.74, 6) is 0.542. The van der Waals surface area contributed by atoms with Crippen LogP contribution in [0.25, 0.3) is 0 Å². The predicted octanol–water partition coefficient (Wildman–Crippen LogP) is 4.01. The number of carbonyl (C=O) groups excluding carboxylic acids is 2. The van der Waals surface area contributed by atoms with Crippen molar-refractivity contribution >= 4 is 34.9 Å². The fraction of sp³-hybridized carbons (Fsp3) is 0.222. The fourth-order valence-corrected chi connectivity index (χ4v) is 2.63. The normalized spacial score (nSPS) is 10.2. The Morgan fingerprint density at radius 3 is 2.44 bits per heavy atom. The molecule has 132 valence electrons. The number of nitrogens with one attached hydrogen (secondary N) is 1. The van der Waals surface area contributed by atoms with Crippen molar-refractivity contribution in [2.24, 2.45) is 0 Å². The standard InChI is InChI=1S/C18H17Cl2NO4/c1-11(22)14-6-4-13(24-2)10-17(14)25-8-7-21-18(23)15-5-3-12(19)9-16(15)20/h3-6,9-10H,7-8H2,1-2H3,(H,21,23). The molecule has 5 nitrogen and oxygen atoms in total. The van der Waals surface area contributed by atoms with Crippen LogP contribution in [0.15, 0.2) is 36.4 Å². The number of hydrogen-bond acceptors (Lipinski definition) is 4. The number of rotatable bonds is 7. The number of halogens is 2. The van der Waals surface area contributed by atoms with Gasteiger partial charge in [0.1, 0.15) is 18.1 Å². The van der Waals surface area contributed by atoms with Gasteiger partial charge < -0.3 is 14.8 Å². The number of benzene rings is 2. The summed E-state index contributed by atoms with van der Waals surface area (Å²) in [4.78, 5) is 23.7. The molecule has 2 aromatic carbocycles. The first-order chi connectivity index (χ1) is 11.9. The average Bonchev–Trinajstić information content (AvgIpc) is 2.58.